The largest absolute Gasteiger partial charge is 0.329 e. The van der Waals surface area contributed by atoms with E-state index in [4.69, 9.17) is 5.73 Å². The van der Waals surface area contributed by atoms with Crippen molar-refractivity contribution in [1.29, 1.82) is 0 Å². The molecule has 1 heterocycles. The van der Waals surface area contributed by atoms with Crippen molar-refractivity contribution in [2.24, 2.45) is 5.73 Å². The van der Waals surface area contributed by atoms with Crippen molar-refractivity contribution in [3.63, 3.8) is 0 Å². The first kappa shape index (κ1) is 14.5. The minimum Gasteiger partial charge on any atom is -0.329 e. The van der Waals surface area contributed by atoms with E-state index in [2.05, 4.69) is 47.9 Å². The van der Waals surface area contributed by atoms with Gasteiger partial charge in [0.2, 0.25) is 0 Å². The van der Waals surface area contributed by atoms with Gasteiger partial charge >= 0.3 is 0 Å². The summed E-state index contributed by atoms with van der Waals surface area (Å²) in [5.41, 5.74) is 8.98. The van der Waals surface area contributed by atoms with E-state index in [1.54, 1.807) is 0 Å². The Morgan fingerprint density at radius 1 is 1.21 bits per heavy atom. The predicted octanol–water partition coefficient (Wildman–Crippen LogP) is 1.71. The van der Waals surface area contributed by atoms with Crippen LogP contribution in [-0.2, 0) is 13.0 Å². The molecule has 2 rings (SSSR count). The van der Waals surface area contributed by atoms with E-state index in [9.17, 15) is 0 Å². The molecule has 0 amide bonds. The summed E-state index contributed by atoms with van der Waals surface area (Å²) in [6, 6.07) is 9.30. The van der Waals surface area contributed by atoms with E-state index in [1.807, 2.05) is 0 Å². The first-order chi connectivity index (χ1) is 9.28. The Hall–Kier alpha value is -0.900. The van der Waals surface area contributed by atoms with Crippen molar-refractivity contribution in [1.82, 2.24) is 9.80 Å². The average molecular weight is 261 g/mol. The molecule has 19 heavy (non-hydrogen) atoms. The van der Waals surface area contributed by atoms with Crippen LogP contribution in [0.3, 0.4) is 0 Å². The molecule has 2 N–H and O–H groups in total. The standard InChI is InChI=1S/C16H27N3/c1-3-19(4-2)16(11-17)13-18-10-9-14-7-5-6-8-15(14)12-18/h5-8,16H,3-4,9-13,17H2,1-2H3. The van der Waals surface area contributed by atoms with Gasteiger partial charge in [-0.2, -0.15) is 0 Å². The highest BCUT2D eigenvalue weighted by molar-refractivity contribution is 5.29. The molecule has 0 bridgehead atoms. The first-order valence-corrected chi connectivity index (χ1v) is 7.51. The van der Waals surface area contributed by atoms with E-state index >= 15 is 0 Å². The number of nitrogens with two attached hydrogens (primary N) is 1. The molecule has 1 aromatic rings. The van der Waals surface area contributed by atoms with Crippen LogP contribution in [0.5, 0.6) is 0 Å². The Bertz CT molecular complexity index is 387. The predicted molar refractivity (Wildman–Crippen MR) is 81.2 cm³/mol. The molecule has 0 saturated carbocycles. The van der Waals surface area contributed by atoms with Gasteiger partial charge in [0, 0.05) is 32.2 Å². The molecule has 0 aromatic heterocycles. The fraction of sp³-hybridized carbons (Fsp3) is 0.625. The topological polar surface area (TPSA) is 32.5 Å². The molecule has 1 atom stereocenters. The van der Waals surface area contributed by atoms with Gasteiger partial charge in [-0.05, 0) is 30.6 Å². The van der Waals surface area contributed by atoms with E-state index in [0.29, 0.717) is 6.04 Å². The maximum Gasteiger partial charge on any atom is 0.0345 e. The number of rotatable bonds is 6. The lowest BCUT2D eigenvalue weighted by atomic mass is 9.99. The normalized spacial score (nSPS) is 17.5. The van der Waals surface area contributed by atoms with Gasteiger partial charge in [0.15, 0.2) is 0 Å². The number of nitrogens with zero attached hydrogens (tertiary/aromatic N) is 2. The van der Waals surface area contributed by atoms with Crippen LogP contribution >= 0.6 is 0 Å². The van der Waals surface area contributed by atoms with E-state index in [-0.39, 0.29) is 0 Å². The second kappa shape index (κ2) is 7.04. The van der Waals surface area contributed by atoms with Crippen LogP contribution in [0.2, 0.25) is 0 Å². The quantitative estimate of drug-likeness (QED) is 0.846. The Morgan fingerprint density at radius 3 is 2.53 bits per heavy atom. The molecule has 0 radical (unpaired) electrons. The molecule has 0 fully saturated rings. The highest BCUT2D eigenvalue weighted by Crippen LogP contribution is 2.19. The van der Waals surface area contributed by atoms with Gasteiger partial charge in [-0.15, -0.1) is 0 Å². The summed E-state index contributed by atoms with van der Waals surface area (Å²) in [4.78, 5) is 5.03. The number of fused-ring (bicyclic) bond motifs is 1. The Morgan fingerprint density at radius 2 is 1.89 bits per heavy atom. The minimum absolute atomic E-state index is 0.486. The highest BCUT2D eigenvalue weighted by Gasteiger charge is 2.21. The third kappa shape index (κ3) is 3.56. The van der Waals surface area contributed by atoms with Crippen LogP contribution in [0.1, 0.15) is 25.0 Å². The summed E-state index contributed by atoms with van der Waals surface area (Å²) in [7, 11) is 0. The molecule has 0 saturated heterocycles. The van der Waals surface area contributed by atoms with E-state index < -0.39 is 0 Å². The van der Waals surface area contributed by atoms with Crippen LogP contribution < -0.4 is 5.73 Å². The molecule has 1 aliphatic heterocycles. The molecule has 3 heteroatoms. The summed E-state index contributed by atoms with van der Waals surface area (Å²) in [6.45, 7) is 10.7. The SMILES string of the molecule is CCN(CC)C(CN)CN1CCc2ccccc2C1. The number of benzene rings is 1. The monoisotopic (exact) mass is 261 g/mol. The Balaban J connectivity index is 1.97. The van der Waals surface area contributed by atoms with Crippen LogP contribution in [0.15, 0.2) is 24.3 Å². The molecular weight excluding hydrogens is 234 g/mol. The van der Waals surface area contributed by atoms with Crippen LogP contribution in [-0.4, -0.2) is 48.6 Å². The summed E-state index contributed by atoms with van der Waals surface area (Å²) in [6.07, 6.45) is 1.17. The third-order valence-electron chi connectivity index (χ3n) is 4.28. The molecule has 3 nitrogen and oxygen atoms in total. The van der Waals surface area contributed by atoms with E-state index in [1.165, 1.54) is 17.5 Å². The molecule has 0 spiro atoms. The van der Waals surface area contributed by atoms with Crippen molar-refractivity contribution in [2.45, 2.75) is 32.9 Å². The van der Waals surface area contributed by atoms with Gasteiger partial charge in [-0.3, -0.25) is 9.80 Å². The Labute approximate surface area is 117 Å². The zero-order chi connectivity index (χ0) is 13.7. The lowest BCUT2D eigenvalue weighted by Crippen LogP contribution is -2.49. The van der Waals surface area contributed by atoms with Gasteiger partial charge in [0.05, 0.1) is 0 Å². The highest BCUT2D eigenvalue weighted by atomic mass is 15.2. The number of hydrogen-bond donors (Lipinski definition) is 1. The second-order valence-corrected chi connectivity index (χ2v) is 5.36. The maximum atomic E-state index is 5.97. The van der Waals surface area contributed by atoms with Crippen molar-refractivity contribution >= 4 is 0 Å². The summed E-state index contributed by atoms with van der Waals surface area (Å²) >= 11 is 0. The molecule has 106 valence electrons. The van der Waals surface area contributed by atoms with Crippen molar-refractivity contribution in [3.05, 3.63) is 35.4 Å². The summed E-state index contributed by atoms with van der Waals surface area (Å²) in [5.74, 6) is 0. The van der Waals surface area contributed by atoms with Crippen molar-refractivity contribution < 1.29 is 0 Å². The number of likely N-dealkylation sites (N-methyl/N-ethyl adjacent to an activating group) is 1. The number of hydrogen-bond acceptors (Lipinski definition) is 3. The molecule has 0 aliphatic carbocycles. The molecule has 1 unspecified atom stereocenters. The van der Waals surface area contributed by atoms with Gasteiger partial charge in [0.25, 0.3) is 0 Å². The molecule has 1 aliphatic rings. The minimum atomic E-state index is 0.486. The zero-order valence-electron chi connectivity index (χ0n) is 12.3. The fourth-order valence-electron chi connectivity index (χ4n) is 3.09. The van der Waals surface area contributed by atoms with Crippen LogP contribution in [0.4, 0.5) is 0 Å². The smallest absolute Gasteiger partial charge is 0.0345 e. The molecular formula is C16H27N3. The summed E-state index contributed by atoms with van der Waals surface area (Å²) < 4.78 is 0. The van der Waals surface area contributed by atoms with E-state index in [0.717, 1.165) is 39.3 Å². The van der Waals surface area contributed by atoms with Gasteiger partial charge in [0.1, 0.15) is 0 Å². The zero-order valence-corrected chi connectivity index (χ0v) is 12.3. The summed E-state index contributed by atoms with van der Waals surface area (Å²) in [5, 5.41) is 0. The average Bonchev–Trinajstić information content (AvgIpc) is 2.47. The van der Waals surface area contributed by atoms with Crippen LogP contribution in [0.25, 0.3) is 0 Å². The second-order valence-electron chi connectivity index (χ2n) is 5.36. The van der Waals surface area contributed by atoms with Gasteiger partial charge in [-0.25, -0.2) is 0 Å². The van der Waals surface area contributed by atoms with Gasteiger partial charge < -0.3 is 5.73 Å². The lowest BCUT2D eigenvalue weighted by Gasteiger charge is -2.36. The van der Waals surface area contributed by atoms with Crippen molar-refractivity contribution in [2.75, 3.05) is 32.7 Å². The maximum absolute atomic E-state index is 5.97. The van der Waals surface area contributed by atoms with Gasteiger partial charge in [-0.1, -0.05) is 38.1 Å². The fourth-order valence-corrected chi connectivity index (χ4v) is 3.09. The third-order valence-corrected chi connectivity index (χ3v) is 4.28. The molecule has 1 aromatic carbocycles. The first-order valence-electron chi connectivity index (χ1n) is 7.51. The lowest BCUT2D eigenvalue weighted by molar-refractivity contribution is 0.143. The Kier molecular flexibility index (Phi) is 5.37. The van der Waals surface area contributed by atoms with Crippen LogP contribution in [0, 0.1) is 0 Å². The van der Waals surface area contributed by atoms with Crippen molar-refractivity contribution in [3.8, 4) is 0 Å².